The summed E-state index contributed by atoms with van der Waals surface area (Å²) < 4.78 is 0. The van der Waals surface area contributed by atoms with Gasteiger partial charge in [0.1, 0.15) is 0 Å². The summed E-state index contributed by atoms with van der Waals surface area (Å²) in [5.74, 6) is -0.385. The molecule has 9 heteroatoms. The van der Waals surface area contributed by atoms with E-state index < -0.39 is 17.5 Å². The second-order valence-electron chi connectivity index (χ2n) is 5.02. The smallest absolute Gasteiger partial charge is 0.330 e. The molecule has 1 heterocycles. The molecule has 1 aliphatic heterocycles. The number of rotatable bonds is 3. The molecule has 0 saturated carbocycles. The zero-order chi connectivity index (χ0) is 13.8. The molecule has 18 heavy (non-hydrogen) atoms. The van der Waals surface area contributed by atoms with Crippen LogP contribution in [0, 0.1) is 5.41 Å². The van der Waals surface area contributed by atoms with Crippen LogP contribution < -0.4 is 0 Å². The van der Waals surface area contributed by atoms with Gasteiger partial charge in [-0.1, -0.05) is 10.2 Å². The Balaban J connectivity index is 2.69. The lowest BCUT2D eigenvalue weighted by Gasteiger charge is -2.21. The molecule has 0 aromatic carbocycles. The lowest BCUT2D eigenvalue weighted by atomic mass is 9.98. The van der Waals surface area contributed by atoms with E-state index in [1.807, 2.05) is 0 Å². The molecule has 0 aliphatic carbocycles. The van der Waals surface area contributed by atoms with Gasteiger partial charge in [0.25, 0.3) is 0 Å². The maximum Gasteiger partial charge on any atom is 0.330 e. The van der Waals surface area contributed by atoms with Crippen molar-refractivity contribution < 1.29 is 9.63 Å². The fraction of sp³-hybridized carbons (Fsp3) is 0.889. The van der Waals surface area contributed by atoms with Gasteiger partial charge in [0, 0.05) is 22.9 Å². The molecule has 1 rings (SSSR count). The van der Waals surface area contributed by atoms with E-state index in [1.165, 1.54) is 5.06 Å². The SMILES string of the molecule is CC(C)(C)C(=O)ON1CC(N=[N+]=[N-])C(N=[N+]=[N-])C1. The first kappa shape index (κ1) is 14.1. The minimum atomic E-state index is -0.620. The molecule has 0 spiro atoms. The highest BCUT2D eigenvalue weighted by molar-refractivity contribution is 5.75. The fourth-order valence-corrected chi connectivity index (χ4v) is 1.42. The van der Waals surface area contributed by atoms with Crippen LogP contribution in [0.5, 0.6) is 0 Å². The van der Waals surface area contributed by atoms with Crippen LogP contribution in [0.25, 0.3) is 20.9 Å². The number of nitrogens with zero attached hydrogens (tertiary/aromatic N) is 7. The van der Waals surface area contributed by atoms with E-state index in [2.05, 4.69) is 20.1 Å². The van der Waals surface area contributed by atoms with Crippen molar-refractivity contribution in [2.75, 3.05) is 13.1 Å². The summed E-state index contributed by atoms with van der Waals surface area (Å²) in [5, 5.41) is 8.42. The van der Waals surface area contributed by atoms with E-state index in [-0.39, 0.29) is 19.1 Å². The van der Waals surface area contributed by atoms with Gasteiger partial charge in [-0.2, -0.15) is 0 Å². The number of hydrogen-bond acceptors (Lipinski definition) is 5. The Bertz CT molecular complexity index is 391. The van der Waals surface area contributed by atoms with Crippen molar-refractivity contribution >= 4 is 5.97 Å². The molecule has 98 valence electrons. The summed E-state index contributed by atoms with van der Waals surface area (Å²) in [6.07, 6.45) is 0. The summed E-state index contributed by atoms with van der Waals surface area (Å²) in [4.78, 5) is 22.2. The normalized spacial score (nSPS) is 23.9. The molecule has 2 unspecified atom stereocenters. The number of carbonyl (C=O) groups excluding carboxylic acids is 1. The van der Waals surface area contributed by atoms with Gasteiger partial charge >= 0.3 is 5.97 Å². The molecule has 1 saturated heterocycles. The first-order chi connectivity index (χ1) is 8.38. The summed E-state index contributed by atoms with van der Waals surface area (Å²) >= 11 is 0. The van der Waals surface area contributed by atoms with Crippen LogP contribution in [0.1, 0.15) is 20.8 Å². The Labute approximate surface area is 104 Å². The van der Waals surface area contributed by atoms with E-state index in [1.54, 1.807) is 20.8 Å². The van der Waals surface area contributed by atoms with Gasteiger partial charge in [0.2, 0.25) is 0 Å². The van der Waals surface area contributed by atoms with Gasteiger partial charge in [0.15, 0.2) is 0 Å². The molecule has 0 bridgehead atoms. The van der Waals surface area contributed by atoms with Crippen LogP contribution in [-0.4, -0.2) is 36.2 Å². The molecule has 0 N–H and O–H groups in total. The fourth-order valence-electron chi connectivity index (χ4n) is 1.42. The minimum Gasteiger partial charge on any atom is -0.367 e. The first-order valence-electron chi connectivity index (χ1n) is 5.44. The average Bonchev–Trinajstić information content (AvgIpc) is 2.60. The highest BCUT2D eigenvalue weighted by atomic mass is 16.7. The summed E-state index contributed by atoms with van der Waals surface area (Å²) in [6, 6.07) is -1.03. The van der Waals surface area contributed by atoms with Crippen LogP contribution >= 0.6 is 0 Å². The Morgan fingerprint density at radius 1 is 1.22 bits per heavy atom. The standard InChI is InChI=1S/C9H15N7O2/c1-9(2,3)8(17)18-16-4-6(12-14-10)7(5-16)13-15-11/h6-7H,4-5H2,1-3H3. The third-order valence-corrected chi connectivity index (χ3v) is 2.45. The van der Waals surface area contributed by atoms with Gasteiger partial charge in [-0.05, 0) is 31.8 Å². The summed E-state index contributed by atoms with van der Waals surface area (Å²) in [5.41, 5.74) is 16.2. The topological polar surface area (TPSA) is 127 Å². The lowest BCUT2D eigenvalue weighted by molar-refractivity contribution is -0.195. The average molecular weight is 253 g/mol. The van der Waals surface area contributed by atoms with Crippen LogP contribution in [0.3, 0.4) is 0 Å². The molecule has 9 nitrogen and oxygen atoms in total. The van der Waals surface area contributed by atoms with Crippen molar-refractivity contribution in [2.45, 2.75) is 32.9 Å². The highest BCUT2D eigenvalue weighted by Gasteiger charge is 2.35. The quantitative estimate of drug-likeness (QED) is 0.434. The molecular weight excluding hydrogens is 238 g/mol. The summed E-state index contributed by atoms with van der Waals surface area (Å²) in [6.45, 7) is 5.68. The maximum absolute atomic E-state index is 11.7. The zero-order valence-corrected chi connectivity index (χ0v) is 10.5. The van der Waals surface area contributed by atoms with Gasteiger partial charge in [-0.15, -0.1) is 5.06 Å². The third-order valence-electron chi connectivity index (χ3n) is 2.45. The molecule has 0 radical (unpaired) electrons. The number of hydrogen-bond donors (Lipinski definition) is 0. The third kappa shape index (κ3) is 3.53. The molecule has 0 aromatic heterocycles. The number of carbonyl (C=O) groups is 1. The van der Waals surface area contributed by atoms with E-state index >= 15 is 0 Å². The molecule has 0 amide bonds. The molecular formula is C9H15N7O2. The minimum absolute atomic E-state index is 0.232. The van der Waals surface area contributed by atoms with Crippen molar-refractivity contribution in [3.05, 3.63) is 20.9 Å². The van der Waals surface area contributed by atoms with E-state index in [9.17, 15) is 4.79 Å². The zero-order valence-electron chi connectivity index (χ0n) is 10.5. The van der Waals surface area contributed by atoms with E-state index in [0.29, 0.717) is 0 Å². The molecule has 2 atom stereocenters. The lowest BCUT2D eigenvalue weighted by Crippen LogP contribution is -2.32. The van der Waals surface area contributed by atoms with Crippen molar-refractivity contribution in [1.29, 1.82) is 0 Å². The maximum atomic E-state index is 11.7. The number of hydroxylamine groups is 2. The largest absolute Gasteiger partial charge is 0.367 e. The highest BCUT2D eigenvalue weighted by Crippen LogP contribution is 2.21. The molecule has 1 fully saturated rings. The van der Waals surface area contributed by atoms with Crippen LogP contribution in [0.4, 0.5) is 0 Å². The van der Waals surface area contributed by atoms with Crippen LogP contribution in [0.15, 0.2) is 10.2 Å². The first-order valence-corrected chi connectivity index (χ1v) is 5.44. The van der Waals surface area contributed by atoms with Crippen molar-refractivity contribution in [3.8, 4) is 0 Å². The predicted molar refractivity (Wildman–Crippen MR) is 63.0 cm³/mol. The Morgan fingerprint density at radius 3 is 2.00 bits per heavy atom. The van der Waals surface area contributed by atoms with Crippen molar-refractivity contribution in [2.24, 2.45) is 15.6 Å². The van der Waals surface area contributed by atoms with Crippen LogP contribution in [-0.2, 0) is 9.63 Å². The van der Waals surface area contributed by atoms with Gasteiger partial charge in [-0.3, -0.25) is 0 Å². The van der Waals surface area contributed by atoms with Crippen LogP contribution in [0.2, 0.25) is 0 Å². The van der Waals surface area contributed by atoms with E-state index in [0.717, 1.165) is 0 Å². The Kier molecular flexibility index (Phi) is 4.38. The Morgan fingerprint density at radius 2 is 1.67 bits per heavy atom. The van der Waals surface area contributed by atoms with Gasteiger partial charge < -0.3 is 4.84 Å². The monoisotopic (exact) mass is 253 g/mol. The molecule has 1 aliphatic rings. The van der Waals surface area contributed by atoms with Gasteiger partial charge in [0.05, 0.1) is 17.5 Å². The molecule has 0 aromatic rings. The Hall–Kier alpha value is -1.95. The summed E-state index contributed by atoms with van der Waals surface area (Å²) in [7, 11) is 0. The predicted octanol–water partition coefficient (Wildman–Crippen LogP) is 2.16. The number of azide groups is 2. The van der Waals surface area contributed by atoms with E-state index in [4.69, 9.17) is 15.9 Å². The van der Waals surface area contributed by atoms with Crippen molar-refractivity contribution in [1.82, 2.24) is 5.06 Å². The second kappa shape index (κ2) is 5.59. The van der Waals surface area contributed by atoms with Gasteiger partial charge in [-0.25, -0.2) is 4.79 Å². The van der Waals surface area contributed by atoms with Crippen molar-refractivity contribution in [3.63, 3.8) is 0 Å². The second-order valence-corrected chi connectivity index (χ2v) is 5.02.